The van der Waals surface area contributed by atoms with E-state index in [1.807, 2.05) is 0 Å². The average molecular weight is 1200 g/mol. The van der Waals surface area contributed by atoms with Gasteiger partial charge in [-0.1, -0.05) is 218 Å². The maximum absolute atomic E-state index is 13.4. The lowest BCUT2D eigenvalue weighted by atomic mass is 10.0. The summed E-state index contributed by atoms with van der Waals surface area (Å²) in [6, 6.07) is 0. The molecule has 2 atom stereocenters. The van der Waals surface area contributed by atoms with Gasteiger partial charge in [-0.05, 0) is 77.0 Å². The van der Waals surface area contributed by atoms with E-state index < -0.39 is 18.2 Å². The number of carbonyl (C=O) groups excluding carboxylic acids is 3. The van der Waals surface area contributed by atoms with Gasteiger partial charge in [-0.2, -0.15) is 0 Å². The maximum Gasteiger partial charge on any atom is 0.407 e. The number of carbonyl (C=O) groups is 3. The normalized spacial score (nSPS) is 12.4. The maximum atomic E-state index is 13.4. The van der Waals surface area contributed by atoms with Crippen LogP contribution < -0.4 is 16.0 Å². The van der Waals surface area contributed by atoms with Crippen LogP contribution in [-0.4, -0.2) is 149 Å². The van der Waals surface area contributed by atoms with Crippen LogP contribution in [0.3, 0.4) is 0 Å². The predicted octanol–water partition coefficient (Wildman–Crippen LogP) is 15.8. The fourth-order valence-electron chi connectivity index (χ4n) is 9.71. The van der Waals surface area contributed by atoms with E-state index in [-0.39, 0.29) is 45.0 Å². The molecule has 496 valence electrons. The Balaban J connectivity index is 4.92. The molecule has 0 heterocycles. The first kappa shape index (κ1) is 81.4. The van der Waals surface area contributed by atoms with E-state index in [1.165, 1.54) is 212 Å². The topological polar surface area (TPSA) is 170 Å². The van der Waals surface area contributed by atoms with Crippen LogP contribution in [0.25, 0.3) is 0 Å². The Kier molecular flexibility index (Phi) is 68.9. The Morgan fingerprint density at radius 3 is 1.20 bits per heavy atom. The van der Waals surface area contributed by atoms with Crippen molar-refractivity contribution >= 4 is 18.0 Å². The summed E-state index contributed by atoms with van der Waals surface area (Å²) >= 11 is 0. The summed E-state index contributed by atoms with van der Waals surface area (Å²) in [6.45, 7) is 12.7. The zero-order valence-corrected chi connectivity index (χ0v) is 55.0. The molecule has 15 nitrogen and oxygen atoms in total. The van der Waals surface area contributed by atoms with E-state index in [0.29, 0.717) is 79.1 Å². The largest absolute Gasteiger partial charge is 0.463 e. The van der Waals surface area contributed by atoms with Gasteiger partial charge in [0.1, 0.15) is 25.4 Å². The quantitative estimate of drug-likeness (QED) is 0.0227. The summed E-state index contributed by atoms with van der Waals surface area (Å²) in [5.74, 6) is -0.785. The number of ether oxygens (including phenoxy) is 9. The van der Waals surface area contributed by atoms with Crippen molar-refractivity contribution in [3.8, 4) is 0 Å². The van der Waals surface area contributed by atoms with Crippen molar-refractivity contribution in [1.29, 1.82) is 0 Å². The lowest BCUT2D eigenvalue weighted by Crippen LogP contribution is -2.41. The number of allylic oxidation sites excluding steroid dienone is 4. The molecular formula is C69H133N3O12. The highest BCUT2D eigenvalue weighted by atomic mass is 16.6. The smallest absolute Gasteiger partial charge is 0.407 e. The zero-order valence-electron chi connectivity index (χ0n) is 55.0. The molecule has 0 aromatic rings. The van der Waals surface area contributed by atoms with Crippen molar-refractivity contribution in [2.45, 2.75) is 283 Å². The number of nitrogens with one attached hydrogen (secondary N) is 3. The van der Waals surface area contributed by atoms with Crippen LogP contribution in [0, 0.1) is 0 Å². The number of hydrogen-bond donors (Lipinski definition) is 3. The van der Waals surface area contributed by atoms with Crippen molar-refractivity contribution in [1.82, 2.24) is 16.0 Å². The lowest BCUT2D eigenvalue weighted by Gasteiger charge is -2.27. The SMILES string of the molecule is CCCCCCCC/C=C\CCCCCCCCOCC(OCCCCCCCC/C=C\CCCCCCCC)C(CCCCCCCCCCCC)OC(=O)NCCOCCOCCOCCOC(=O)CNCCOC(=O)CNCCOC. The van der Waals surface area contributed by atoms with Crippen molar-refractivity contribution in [3.63, 3.8) is 0 Å². The molecule has 0 aliphatic carbocycles. The molecule has 1 amide bonds. The third-order valence-electron chi connectivity index (χ3n) is 14.9. The number of hydrogen-bond acceptors (Lipinski definition) is 14. The lowest BCUT2D eigenvalue weighted by molar-refractivity contribution is -0.144. The summed E-state index contributed by atoms with van der Waals surface area (Å²) in [7, 11) is 1.59. The van der Waals surface area contributed by atoms with Gasteiger partial charge in [0.25, 0.3) is 0 Å². The monoisotopic (exact) mass is 1200 g/mol. The van der Waals surface area contributed by atoms with E-state index in [1.54, 1.807) is 7.11 Å². The van der Waals surface area contributed by atoms with Crippen LogP contribution in [0.4, 0.5) is 4.79 Å². The third-order valence-corrected chi connectivity index (χ3v) is 14.9. The first-order valence-electron chi connectivity index (χ1n) is 34.9. The molecule has 3 N–H and O–H groups in total. The molecule has 84 heavy (non-hydrogen) atoms. The molecule has 0 aliphatic rings. The summed E-state index contributed by atoms with van der Waals surface area (Å²) in [6.07, 6.45) is 57.2. The van der Waals surface area contributed by atoms with Gasteiger partial charge in [0, 0.05) is 40.0 Å². The zero-order chi connectivity index (χ0) is 60.8. The van der Waals surface area contributed by atoms with E-state index >= 15 is 0 Å². The second-order valence-corrected chi connectivity index (χ2v) is 22.8. The first-order chi connectivity index (χ1) is 41.5. The molecule has 0 spiro atoms. The van der Waals surface area contributed by atoms with Crippen LogP contribution >= 0.6 is 0 Å². The van der Waals surface area contributed by atoms with Crippen LogP contribution in [0.2, 0.25) is 0 Å². The van der Waals surface area contributed by atoms with Gasteiger partial charge in [0.05, 0.1) is 65.9 Å². The molecule has 0 aromatic carbocycles. The highest BCUT2D eigenvalue weighted by Crippen LogP contribution is 2.19. The highest BCUT2D eigenvalue weighted by molar-refractivity contribution is 5.72. The van der Waals surface area contributed by atoms with E-state index in [4.69, 9.17) is 42.6 Å². The van der Waals surface area contributed by atoms with Crippen molar-refractivity contribution < 1.29 is 57.0 Å². The number of esters is 2. The Hall–Kier alpha value is -2.63. The Morgan fingerprint density at radius 1 is 0.357 bits per heavy atom. The van der Waals surface area contributed by atoms with Crippen LogP contribution in [0.5, 0.6) is 0 Å². The molecule has 0 aromatic heterocycles. The van der Waals surface area contributed by atoms with Crippen LogP contribution in [0.15, 0.2) is 24.3 Å². The van der Waals surface area contributed by atoms with E-state index in [2.05, 4.69) is 61.0 Å². The number of methoxy groups -OCH3 is 1. The fourth-order valence-corrected chi connectivity index (χ4v) is 9.71. The summed E-state index contributed by atoms with van der Waals surface area (Å²) in [5.41, 5.74) is 0. The molecule has 2 unspecified atom stereocenters. The Labute approximate surface area is 515 Å². The number of alkyl carbamates (subject to hydrolysis) is 1. The molecule has 0 radical (unpaired) electrons. The van der Waals surface area contributed by atoms with Crippen LogP contribution in [-0.2, 0) is 52.2 Å². The summed E-state index contributed by atoms with van der Waals surface area (Å²) in [5, 5.41) is 8.71. The highest BCUT2D eigenvalue weighted by Gasteiger charge is 2.26. The molecule has 0 aliphatic heterocycles. The van der Waals surface area contributed by atoms with Gasteiger partial charge in [-0.25, -0.2) is 4.79 Å². The molecule has 0 saturated heterocycles. The van der Waals surface area contributed by atoms with Gasteiger partial charge in [-0.15, -0.1) is 0 Å². The standard InChI is InChI=1S/C69H133N3O12/c1-5-8-11-14-17-20-23-25-27-29-31-33-36-39-42-45-51-80-64-66(81-52-46-43-40-37-34-32-30-28-26-24-21-18-15-12-9-6-2)65(47-44-41-38-35-22-19-16-13-10-7-3)84-69(75)72-50-54-77-56-57-78-58-59-79-60-61-83-68(74)63-71-49-55-82-67(73)62-70-48-53-76-4/h25-28,65-66,70-71H,5-24,29-64H2,1-4H3,(H,72,75)/b27-25-,28-26-. The minimum Gasteiger partial charge on any atom is -0.463 e. The second kappa shape index (κ2) is 71.1. The van der Waals surface area contributed by atoms with E-state index in [0.717, 1.165) is 38.5 Å². The molecule has 0 saturated carbocycles. The van der Waals surface area contributed by atoms with Gasteiger partial charge >= 0.3 is 18.0 Å². The molecule has 0 rings (SSSR count). The van der Waals surface area contributed by atoms with Crippen molar-refractivity contribution in [2.24, 2.45) is 0 Å². The van der Waals surface area contributed by atoms with Crippen LogP contribution in [0.1, 0.15) is 271 Å². The Bertz CT molecular complexity index is 1410. The third kappa shape index (κ3) is 65.3. The van der Waals surface area contributed by atoms with Gasteiger partial charge in [-0.3, -0.25) is 9.59 Å². The molecule has 15 heteroatoms. The van der Waals surface area contributed by atoms with Crippen molar-refractivity contribution in [3.05, 3.63) is 24.3 Å². The number of amides is 1. The fraction of sp³-hybridized carbons (Fsp3) is 0.899. The van der Waals surface area contributed by atoms with E-state index in [9.17, 15) is 14.4 Å². The molecule has 0 bridgehead atoms. The Morgan fingerprint density at radius 2 is 0.738 bits per heavy atom. The minimum atomic E-state index is -0.453. The second-order valence-electron chi connectivity index (χ2n) is 22.8. The first-order valence-corrected chi connectivity index (χ1v) is 34.9. The number of unbranched alkanes of at least 4 members (excludes halogenated alkanes) is 33. The molecular weight excluding hydrogens is 1060 g/mol. The van der Waals surface area contributed by atoms with Gasteiger partial charge in [0.2, 0.25) is 0 Å². The van der Waals surface area contributed by atoms with Gasteiger partial charge in [0.15, 0.2) is 0 Å². The summed E-state index contributed by atoms with van der Waals surface area (Å²) < 4.78 is 51.2. The minimum absolute atomic E-state index is 0.00530. The average Bonchev–Trinajstić information content (AvgIpc) is 3.57. The molecule has 0 fully saturated rings. The summed E-state index contributed by atoms with van der Waals surface area (Å²) in [4.78, 5) is 37.0. The number of rotatable bonds is 70. The predicted molar refractivity (Wildman–Crippen MR) is 346 cm³/mol. The van der Waals surface area contributed by atoms with Crippen molar-refractivity contribution in [2.75, 3.05) is 119 Å². The van der Waals surface area contributed by atoms with Gasteiger partial charge < -0.3 is 58.6 Å².